The SMILES string of the molecule is Cc1cc(C)c(Nc2ccnc3cc(Br)cnc23)c(C)c1. The van der Waals surface area contributed by atoms with Gasteiger partial charge in [-0.15, -0.1) is 0 Å². The molecule has 0 aliphatic heterocycles. The van der Waals surface area contributed by atoms with Crippen LogP contribution in [0.1, 0.15) is 16.7 Å². The number of nitrogens with one attached hydrogen (secondary N) is 1. The highest BCUT2D eigenvalue weighted by atomic mass is 79.9. The fourth-order valence-corrected chi connectivity index (χ4v) is 2.94. The van der Waals surface area contributed by atoms with Crippen molar-refractivity contribution in [1.82, 2.24) is 9.97 Å². The molecule has 106 valence electrons. The minimum atomic E-state index is 0.872. The van der Waals surface area contributed by atoms with Gasteiger partial charge in [0.25, 0.3) is 0 Å². The van der Waals surface area contributed by atoms with Crippen molar-refractivity contribution in [3.8, 4) is 0 Å². The minimum absolute atomic E-state index is 0.872. The van der Waals surface area contributed by atoms with Crippen molar-refractivity contribution in [3.63, 3.8) is 0 Å². The van der Waals surface area contributed by atoms with Crippen molar-refractivity contribution >= 4 is 38.3 Å². The summed E-state index contributed by atoms with van der Waals surface area (Å²) >= 11 is 3.43. The van der Waals surface area contributed by atoms with Crippen LogP contribution in [0.2, 0.25) is 0 Å². The van der Waals surface area contributed by atoms with E-state index in [0.717, 1.165) is 26.9 Å². The predicted octanol–water partition coefficient (Wildman–Crippen LogP) is 5.06. The summed E-state index contributed by atoms with van der Waals surface area (Å²) in [6.45, 7) is 6.36. The van der Waals surface area contributed by atoms with E-state index >= 15 is 0 Å². The summed E-state index contributed by atoms with van der Waals surface area (Å²) in [5.74, 6) is 0. The Kier molecular flexibility index (Phi) is 3.64. The van der Waals surface area contributed by atoms with Crippen LogP contribution >= 0.6 is 15.9 Å². The number of anilines is 2. The van der Waals surface area contributed by atoms with Crippen LogP contribution in [0.25, 0.3) is 11.0 Å². The van der Waals surface area contributed by atoms with E-state index in [4.69, 9.17) is 0 Å². The molecule has 3 rings (SSSR count). The molecule has 0 bridgehead atoms. The molecule has 0 atom stereocenters. The Balaban J connectivity index is 2.11. The fraction of sp³-hybridized carbons (Fsp3) is 0.176. The number of pyridine rings is 2. The van der Waals surface area contributed by atoms with Gasteiger partial charge in [0.05, 0.1) is 11.2 Å². The Labute approximate surface area is 132 Å². The average molecular weight is 342 g/mol. The van der Waals surface area contributed by atoms with Gasteiger partial charge < -0.3 is 5.32 Å². The molecule has 0 fully saturated rings. The Morgan fingerprint density at radius 2 is 1.71 bits per heavy atom. The van der Waals surface area contributed by atoms with Crippen molar-refractivity contribution < 1.29 is 0 Å². The second-order valence-corrected chi connectivity index (χ2v) is 6.19. The minimum Gasteiger partial charge on any atom is -0.353 e. The second-order valence-electron chi connectivity index (χ2n) is 5.28. The van der Waals surface area contributed by atoms with E-state index < -0.39 is 0 Å². The van der Waals surface area contributed by atoms with E-state index in [1.54, 1.807) is 12.4 Å². The van der Waals surface area contributed by atoms with E-state index in [2.05, 4.69) is 64.1 Å². The van der Waals surface area contributed by atoms with Crippen molar-refractivity contribution in [2.45, 2.75) is 20.8 Å². The molecule has 0 spiro atoms. The van der Waals surface area contributed by atoms with Gasteiger partial charge in [0.1, 0.15) is 5.52 Å². The van der Waals surface area contributed by atoms with Crippen molar-refractivity contribution in [2.75, 3.05) is 5.32 Å². The highest BCUT2D eigenvalue weighted by Crippen LogP contribution is 2.29. The summed E-state index contributed by atoms with van der Waals surface area (Å²) in [6.07, 6.45) is 3.60. The lowest BCUT2D eigenvalue weighted by atomic mass is 10.0. The summed E-state index contributed by atoms with van der Waals surface area (Å²) in [6, 6.07) is 8.30. The topological polar surface area (TPSA) is 37.8 Å². The van der Waals surface area contributed by atoms with Gasteiger partial charge in [0, 0.05) is 22.6 Å². The highest BCUT2D eigenvalue weighted by Gasteiger charge is 2.08. The molecule has 0 amide bonds. The zero-order valence-electron chi connectivity index (χ0n) is 12.2. The van der Waals surface area contributed by atoms with Crippen LogP contribution in [0.15, 0.2) is 41.1 Å². The normalized spacial score (nSPS) is 10.9. The third kappa shape index (κ3) is 2.76. The summed E-state index contributed by atoms with van der Waals surface area (Å²) in [7, 11) is 0. The van der Waals surface area contributed by atoms with Gasteiger partial charge in [0.2, 0.25) is 0 Å². The molecular weight excluding hydrogens is 326 g/mol. The molecule has 0 aliphatic rings. The van der Waals surface area contributed by atoms with Gasteiger partial charge in [-0.25, -0.2) is 0 Å². The number of benzene rings is 1. The van der Waals surface area contributed by atoms with E-state index in [1.807, 2.05) is 12.1 Å². The molecule has 3 nitrogen and oxygen atoms in total. The zero-order valence-corrected chi connectivity index (χ0v) is 13.8. The third-order valence-electron chi connectivity index (χ3n) is 3.48. The molecule has 0 saturated heterocycles. The molecule has 4 heteroatoms. The quantitative estimate of drug-likeness (QED) is 0.707. The maximum atomic E-state index is 4.48. The van der Waals surface area contributed by atoms with E-state index in [9.17, 15) is 0 Å². The van der Waals surface area contributed by atoms with Gasteiger partial charge in [-0.2, -0.15) is 0 Å². The number of nitrogens with zero attached hydrogens (tertiary/aromatic N) is 2. The first-order valence-electron chi connectivity index (χ1n) is 6.80. The van der Waals surface area contributed by atoms with Crippen LogP contribution in [0, 0.1) is 20.8 Å². The number of fused-ring (bicyclic) bond motifs is 1. The lowest BCUT2D eigenvalue weighted by Crippen LogP contribution is -1.99. The molecule has 3 aromatic rings. The van der Waals surface area contributed by atoms with Gasteiger partial charge in [-0.1, -0.05) is 17.7 Å². The molecule has 2 heterocycles. The molecule has 1 N–H and O–H groups in total. The predicted molar refractivity (Wildman–Crippen MR) is 91.2 cm³/mol. The largest absolute Gasteiger partial charge is 0.353 e. The summed E-state index contributed by atoms with van der Waals surface area (Å²) in [5, 5.41) is 3.51. The summed E-state index contributed by atoms with van der Waals surface area (Å²) in [4.78, 5) is 8.85. The lowest BCUT2D eigenvalue weighted by molar-refractivity contribution is 1.29. The molecule has 1 aromatic carbocycles. The van der Waals surface area contributed by atoms with Gasteiger partial charge in [-0.05, 0) is 60.0 Å². The third-order valence-corrected chi connectivity index (χ3v) is 3.91. The highest BCUT2D eigenvalue weighted by molar-refractivity contribution is 9.10. The molecular formula is C17H16BrN3. The number of aryl methyl sites for hydroxylation is 3. The Bertz CT molecular complexity index is 804. The number of hydrogen-bond acceptors (Lipinski definition) is 3. The van der Waals surface area contributed by atoms with Gasteiger partial charge >= 0.3 is 0 Å². The van der Waals surface area contributed by atoms with Gasteiger partial charge in [0.15, 0.2) is 0 Å². The van der Waals surface area contributed by atoms with Crippen LogP contribution in [0.5, 0.6) is 0 Å². The van der Waals surface area contributed by atoms with Crippen LogP contribution < -0.4 is 5.32 Å². The van der Waals surface area contributed by atoms with Crippen molar-refractivity contribution in [1.29, 1.82) is 0 Å². The second kappa shape index (κ2) is 5.45. The maximum Gasteiger partial charge on any atom is 0.112 e. The maximum absolute atomic E-state index is 4.48. The van der Waals surface area contributed by atoms with Crippen LogP contribution in [-0.4, -0.2) is 9.97 Å². The van der Waals surface area contributed by atoms with Crippen LogP contribution in [0.3, 0.4) is 0 Å². The monoisotopic (exact) mass is 341 g/mol. The molecule has 2 aromatic heterocycles. The van der Waals surface area contributed by atoms with E-state index in [1.165, 1.54) is 16.7 Å². The summed E-state index contributed by atoms with van der Waals surface area (Å²) in [5.41, 5.74) is 7.60. The number of aromatic nitrogens is 2. The van der Waals surface area contributed by atoms with Gasteiger partial charge in [-0.3, -0.25) is 9.97 Å². The smallest absolute Gasteiger partial charge is 0.112 e. The number of hydrogen-bond donors (Lipinski definition) is 1. The van der Waals surface area contributed by atoms with Crippen molar-refractivity contribution in [2.24, 2.45) is 0 Å². The zero-order chi connectivity index (χ0) is 15.0. The van der Waals surface area contributed by atoms with E-state index in [-0.39, 0.29) is 0 Å². The van der Waals surface area contributed by atoms with Crippen LogP contribution in [0.4, 0.5) is 11.4 Å². The fourth-order valence-electron chi connectivity index (χ4n) is 2.62. The number of rotatable bonds is 2. The first-order valence-corrected chi connectivity index (χ1v) is 7.59. The molecule has 0 radical (unpaired) electrons. The Hall–Kier alpha value is -1.94. The average Bonchev–Trinajstić information content (AvgIpc) is 2.42. The van der Waals surface area contributed by atoms with E-state index in [0.29, 0.717) is 0 Å². The first kappa shape index (κ1) is 14.0. The lowest BCUT2D eigenvalue weighted by Gasteiger charge is -2.15. The Morgan fingerprint density at radius 3 is 2.43 bits per heavy atom. The standard InChI is InChI=1S/C17H16BrN3/c1-10-6-11(2)16(12(3)7-10)21-14-4-5-19-15-8-13(18)9-20-17(14)15/h4-9H,1-3H3,(H,19,21). The molecule has 0 unspecified atom stereocenters. The number of halogens is 1. The molecule has 21 heavy (non-hydrogen) atoms. The molecule has 0 saturated carbocycles. The van der Waals surface area contributed by atoms with Crippen LogP contribution in [-0.2, 0) is 0 Å². The molecule has 0 aliphatic carbocycles. The first-order chi connectivity index (χ1) is 10.0. The summed E-state index contributed by atoms with van der Waals surface area (Å²) < 4.78 is 0.933. The van der Waals surface area contributed by atoms with Crippen molar-refractivity contribution in [3.05, 3.63) is 57.8 Å². The Morgan fingerprint density at radius 1 is 1.00 bits per heavy atom.